The maximum Gasteiger partial charge on any atom is 0.321 e. The van der Waals surface area contributed by atoms with Crippen molar-refractivity contribution in [2.24, 2.45) is 5.92 Å². The number of carbonyl (C=O) groups is 3. The summed E-state index contributed by atoms with van der Waals surface area (Å²) in [7, 11) is 0. The molecule has 0 unspecified atom stereocenters. The summed E-state index contributed by atoms with van der Waals surface area (Å²) in [6.07, 6.45) is 0. The molecule has 0 saturated carbocycles. The highest BCUT2D eigenvalue weighted by molar-refractivity contribution is 5.95. The zero-order chi connectivity index (χ0) is 14.1. The van der Waals surface area contributed by atoms with Crippen LogP contribution in [0.5, 0.6) is 0 Å². The van der Waals surface area contributed by atoms with E-state index >= 15 is 0 Å². The molecule has 7 heteroatoms. The van der Waals surface area contributed by atoms with Gasteiger partial charge in [-0.05, 0) is 12.8 Å². The summed E-state index contributed by atoms with van der Waals surface area (Å²) in [5.41, 5.74) is 0. The molecule has 0 aliphatic heterocycles. The number of hydrogen-bond acceptors (Lipinski definition) is 4. The Morgan fingerprint density at radius 1 is 1.22 bits per heavy atom. The van der Waals surface area contributed by atoms with E-state index in [0.29, 0.717) is 13.1 Å². The summed E-state index contributed by atoms with van der Waals surface area (Å²) in [6.45, 7) is 6.16. The fourth-order valence-corrected chi connectivity index (χ4v) is 1.47. The van der Waals surface area contributed by atoms with E-state index < -0.39 is 17.9 Å². The van der Waals surface area contributed by atoms with E-state index in [9.17, 15) is 14.4 Å². The van der Waals surface area contributed by atoms with Crippen LogP contribution in [-0.4, -0.2) is 54.1 Å². The number of imide groups is 1. The molecule has 0 aromatic rings. The number of nitrogens with one attached hydrogen (secondary N) is 2. The van der Waals surface area contributed by atoms with Crippen LogP contribution < -0.4 is 10.6 Å². The summed E-state index contributed by atoms with van der Waals surface area (Å²) in [4.78, 5) is 34.7. The lowest BCUT2D eigenvalue weighted by atomic mass is 10.2. The van der Waals surface area contributed by atoms with Gasteiger partial charge in [-0.2, -0.15) is 0 Å². The molecule has 0 aromatic heterocycles. The van der Waals surface area contributed by atoms with Gasteiger partial charge in [0.25, 0.3) is 0 Å². The van der Waals surface area contributed by atoms with Crippen LogP contribution >= 0.6 is 0 Å². The first kappa shape index (κ1) is 16.4. The lowest BCUT2D eigenvalue weighted by Crippen LogP contribution is -2.46. The van der Waals surface area contributed by atoms with Crippen molar-refractivity contribution in [3.63, 3.8) is 0 Å². The minimum absolute atomic E-state index is 0.110. The number of carboxylic acid groups (broad SMARTS) is 1. The average molecular weight is 259 g/mol. The van der Waals surface area contributed by atoms with Gasteiger partial charge >= 0.3 is 12.0 Å². The molecular formula is C11H21N3O4. The van der Waals surface area contributed by atoms with Crippen LogP contribution in [0.4, 0.5) is 4.79 Å². The van der Waals surface area contributed by atoms with Gasteiger partial charge in [-0.15, -0.1) is 0 Å². The van der Waals surface area contributed by atoms with E-state index in [1.165, 1.54) is 4.90 Å². The number of aliphatic carboxylic acids is 1. The molecule has 104 valence electrons. The van der Waals surface area contributed by atoms with E-state index in [-0.39, 0.29) is 19.0 Å². The van der Waals surface area contributed by atoms with Gasteiger partial charge in [0.05, 0.1) is 13.1 Å². The third kappa shape index (κ3) is 8.51. The Labute approximate surface area is 107 Å². The summed E-state index contributed by atoms with van der Waals surface area (Å²) in [5, 5.41) is 13.3. The molecular weight excluding hydrogens is 238 g/mol. The van der Waals surface area contributed by atoms with Crippen molar-refractivity contribution in [3.8, 4) is 0 Å². The topological polar surface area (TPSA) is 98.7 Å². The van der Waals surface area contributed by atoms with Gasteiger partial charge in [0.2, 0.25) is 5.91 Å². The van der Waals surface area contributed by atoms with Crippen molar-refractivity contribution in [1.29, 1.82) is 0 Å². The summed E-state index contributed by atoms with van der Waals surface area (Å²) >= 11 is 0. The normalized spacial score (nSPS) is 10.5. The van der Waals surface area contributed by atoms with Gasteiger partial charge in [0.15, 0.2) is 0 Å². The molecule has 0 aromatic carbocycles. The summed E-state index contributed by atoms with van der Waals surface area (Å²) in [6, 6.07) is -0.567. The minimum Gasteiger partial charge on any atom is -0.480 e. The Kier molecular flexibility index (Phi) is 7.69. The molecule has 7 nitrogen and oxygen atoms in total. The third-order valence-corrected chi connectivity index (χ3v) is 1.94. The standard InChI is InChI=1S/C11H21N3O4/c1-4-12-11(18)13-9(15)6-14(5-8(2)3)7-10(16)17/h8H,4-7H2,1-3H3,(H,16,17)(H2,12,13,15,18). The minimum atomic E-state index is -0.999. The lowest BCUT2D eigenvalue weighted by molar-refractivity contribution is -0.138. The SMILES string of the molecule is CCNC(=O)NC(=O)CN(CC(=O)O)CC(C)C. The third-order valence-electron chi connectivity index (χ3n) is 1.94. The highest BCUT2D eigenvalue weighted by Gasteiger charge is 2.16. The van der Waals surface area contributed by atoms with E-state index in [1.807, 2.05) is 13.8 Å². The maximum atomic E-state index is 11.5. The van der Waals surface area contributed by atoms with E-state index in [4.69, 9.17) is 5.11 Å². The first-order valence-electron chi connectivity index (χ1n) is 5.87. The maximum absolute atomic E-state index is 11.5. The zero-order valence-corrected chi connectivity index (χ0v) is 11.0. The summed E-state index contributed by atoms with van der Waals surface area (Å²) < 4.78 is 0. The Bertz CT molecular complexity index is 305. The van der Waals surface area contributed by atoms with Crippen molar-refractivity contribution in [1.82, 2.24) is 15.5 Å². The molecule has 0 spiro atoms. The smallest absolute Gasteiger partial charge is 0.321 e. The molecule has 0 bridgehead atoms. The van der Waals surface area contributed by atoms with Crippen LogP contribution in [0, 0.1) is 5.92 Å². The molecule has 18 heavy (non-hydrogen) atoms. The molecule has 0 saturated heterocycles. The quantitative estimate of drug-likeness (QED) is 0.592. The van der Waals surface area contributed by atoms with Crippen LogP contribution in [0.25, 0.3) is 0 Å². The molecule has 0 fully saturated rings. The van der Waals surface area contributed by atoms with Crippen molar-refractivity contribution in [3.05, 3.63) is 0 Å². The van der Waals surface area contributed by atoms with Crippen molar-refractivity contribution < 1.29 is 19.5 Å². The van der Waals surface area contributed by atoms with Crippen molar-refractivity contribution in [2.75, 3.05) is 26.2 Å². The van der Waals surface area contributed by atoms with E-state index in [0.717, 1.165) is 0 Å². The molecule has 0 atom stereocenters. The number of hydrogen-bond donors (Lipinski definition) is 3. The number of amides is 3. The fourth-order valence-electron chi connectivity index (χ4n) is 1.47. The molecule has 0 rings (SSSR count). The number of carbonyl (C=O) groups excluding carboxylic acids is 2. The van der Waals surface area contributed by atoms with Gasteiger partial charge < -0.3 is 10.4 Å². The molecule has 0 heterocycles. The molecule has 0 aliphatic carbocycles. The Hall–Kier alpha value is -1.63. The van der Waals surface area contributed by atoms with Crippen molar-refractivity contribution >= 4 is 17.9 Å². The first-order valence-corrected chi connectivity index (χ1v) is 5.87. The van der Waals surface area contributed by atoms with Gasteiger partial charge in [-0.1, -0.05) is 13.8 Å². The lowest BCUT2D eigenvalue weighted by Gasteiger charge is -2.21. The van der Waals surface area contributed by atoms with Crippen molar-refractivity contribution in [2.45, 2.75) is 20.8 Å². The molecule has 0 radical (unpaired) electrons. The van der Waals surface area contributed by atoms with E-state index in [2.05, 4.69) is 10.6 Å². The molecule has 0 aliphatic rings. The van der Waals surface area contributed by atoms with Gasteiger partial charge in [0.1, 0.15) is 0 Å². The molecule has 3 N–H and O–H groups in total. The molecule has 3 amide bonds. The summed E-state index contributed by atoms with van der Waals surface area (Å²) in [5.74, 6) is -1.27. The number of nitrogens with zero attached hydrogens (tertiary/aromatic N) is 1. The highest BCUT2D eigenvalue weighted by atomic mass is 16.4. The van der Waals surface area contributed by atoms with Gasteiger partial charge in [-0.3, -0.25) is 19.8 Å². The monoisotopic (exact) mass is 259 g/mol. The second-order valence-electron chi connectivity index (χ2n) is 4.36. The second kappa shape index (κ2) is 8.46. The van der Waals surface area contributed by atoms with Gasteiger partial charge in [0, 0.05) is 13.1 Å². The Balaban J connectivity index is 4.25. The fraction of sp³-hybridized carbons (Fsp3) is 0.727. The number of urea groups is 1. The number of rotatable bonds is 7. The average Bonchev–Trinajstić information content (AvgIpc) is 2.14. The zero-order valence-electron chi connectivity index (χ0n) is 11.0. The second-order valence-corrected chi connectivity index (χ2v) is 4.36. The largest absolute Gasteiger partial charge is 0.480 e. The van der Waals surface area contributed by atoms with Crippen LogP contribution in [0.2, 0.25) is 0 Å². The Morgan fingerprint density at radius 2 is 1.83 bits per heavy atom. The van der Waals surface area contributed by atoms with Crippen LogP contribution in [0.1, 0.15) is 20.8 Å². The van der Waals surface area contributed by atoms with E-state index in [1.54, 1.807) is 6.92 Å². The number of carboxylic acids is 1. The predicted octanol–water partition coefficient (Wildman–Crippen LogP) is -0.125. The first-order chi connectivity index (χ1) is 8.35. The van der Waals surface area contributed by atoms with Crippen LogP contribution in [0.15, 0.2) is 0 Å². The Morgan fingerprint density at radius 3 is 2.28 bits per heavy atom. The van der Waals surface area contributed by atoms with Gasteiger partial charge in [-0.25, -0.2) is 4.79 Å². The highest BCUT2D eigenvalue weighted by Crippen LogP contribution is 1.98. The predicted molar refractivity (Wildman–Crippen MR) is 66.1 cm³/mol. The van der Waals surface area contributed by atoms with Crippen LogP contribution in [0.3, 0.4) is 0 Å². The van der Waals surface area contributed by atoms with Crippen LogP contribution in [-0.2, 0) is 9.59 Å².